The van der Waals surface area contributed by atoms with Crippen LogP contribution in [0.4, 0.5) is 4.39 Å². The van der Waals surface area contributed by atoms with E-state index in [2.05, 4.69) is 0 Å². The number of nitrogens with zero attached hydrogens (tertiary/aromatic N) is 1. The zero-order chi connectivity index (χ0) is 12.6. The van der Waals surface area contributed by atoms with Crippen LogP contribution in [0.5, 0.6) is 0 Å². The van der Waals surface area contributed by atoms with Gasteiger partial charge >= 0.3 is 5.69 Å². The van der Waals surface area contributed by atoms with Crippen molar-refractivity contribution in [2.75, 3.05) is 6.67 Å². The van der Waals surface area contributed by atoms with Crippen LogP contribution in [0.3, 0.4) is 0 Å². The Morgan fingerprint density at radius 2 is 2.12 bits per heavy atom. The van der Waals surface area contributed by atoms with E-state index in [4.69, 9.17) is 0 Å². The van der Waals surface area contributed by atoms with E-state index in [1.165, 1.54) is 6.20 Å². The SMILES string of the molecule is O=c1ccn([C@@H]2C[C@H](CF)C(O)C2O)c(=O)[nH]1. The molecular weight excluding hydrogens is 231 g/mol. The van der Waals surface area contributed by atoms with Crippen LogP contribution in [0.25, 0.3) is 0 Å². The third-order valence-electron chi connectivity index (χ3n) is 3.18. The molecule has 1 fully saturated rings. The summed E-state index contributed by atoms with van der Waals surface area (Å²) < 4.78 is 13.7. The number of nitrogens with one attached hydrogen (secondary N) is 1. The number of aromatic nitrogens is 2. The van der Waals surface area contributed by atoms with Crippen LogP contribution in [-0.4, -0.2) is 38.6 Å². The van der Waals surface area contributed by atoms with E-state index in [9.17, 15) is 24.2 Å². The molecule has 4 atom stereocenters. The molecule has 1 heterocycles. The molecule has 0 aliphatic heterocycles. The number of alkyl halides is 1. The van der Waals surface area contributed by atoms with Crippen molar-refractivity contribution in [1.82, 2.24) is 9.55 Å². The predicted octanol–water partition coefficient (Wildman–Crippen LogP) is -1.21. The fourth-order valence-corrected chi connectivity index (χ4v) is 2.22. The topological polar surface area (TPSA) is 95.3 Å². The van der Waals surface area contributed by atoms with Crippen LogP contribution in [0, 0.1) is 5.92 Å². The zero-order valence-electron chi connectivity index (χ0n) is 8.91. The number of H-pyrrole nitrogens is 1. The average Bonchev–Trinajstić information content (AvgIpc) is 2.57. The molecule has 0 spiro atoms. The number of aliphatic hydroxyl groups excluding tert-OH is 2. The van der Waals surface area contributed by atoms with Gasteiger partial charge in [-0.1, -0.05) is 0 Å². The van der Waals surface area contributed by atoms with Crippen LogP contribution in [0.15, 0.2) is 21.9 Å². The van der Waals surface area contributed by atoms with Crippen LogP contribution < -0.4 is 11.2 Å². The number of halogens is 1. The second-order valence-electron chi connectivity index (χ2n) is 4.22. The van der Waals surface area contributed by atoms with Gasteiger partial charge in [-0.05, 0) is 6.42 Å². The molecule has 1 saturated carbocycles. The first-order chi connectivity index (χ1) is 8.04. The molecule has 1 aromatic rings. The second-order valence-corrected chi connectivity index (χ2v) is 4.22. The summed E-state index contributed by atoms with van der Waals surface area (Å²) in [5, 5.41) is 19.3. The van der Waals surface area contributed by atoms with Crippen LogP contribution in [-0.2, 0) is 0 Å². The molecule has 0 amide bonds. The van der Waals surface area contributed by atoms with Gasteiger partial charge in [0.05, 0.1) is 18.8 Å². The highest BCUT2D eigenvalue weighted by atomic mass is 19.1. The minimum absolute atomic E-state index is 0.158. The highest BCUT2D eigenvalue weighted by molar-refractivity contribution is 4.97. The summed E-state index contributed by atoms with van der Waals surface area (Å²) in [6.45, 7) is -0.757. The third kappa shape index (κ3) is 2.03. The molecule has 2 rings (SSSR count). The van der Waals surface area contributed by atoms with Gasteiger partial charge < -0.3 is 10.2 Å². The fourth-order valence-electron chi connectivity index (χ4n) is 2.22. The Morgan fingerprint density at radius 1 is 1.41 bits per heavy atom. The Labute approximate surface area is 95.3 Å². The van der Waals surface area contributed by atoms with Gasteiger partial charge in [0, 0.05) is 18.2 Å². The van der Waals surface area contributed by atoms with Gasteiger partial charge in [-0.15, -0.1) is 0 Å². The van der Waals surface area contributed by atoms with Gasteiger partial charge in [0.1, 0.15) is 6.10 Å². The average molecular weight is 244 g/mol. The first-order valence-corrected chi connectivity index (χ1v) is 5.28. The molecule has 0 radical (unpaired) electrons. The number of hydrogen-bond acceptors (Lipinski definition) is 4. The van der Waals surface area contributed by atoms with Gasteiger partial charge in [0.15, 0.2) is 0 Å². The monoisotopic (exact) mass is 244 g/mol. The van der Waals surface area contributed by atoms with Crippen molar-refractivity contribution in [1.29, 1.82) is 0 Å². The lowest BCUT2D eigenvalue weighted by atomic mass is 10.1. The minimum atomic E-state index is -1.21. The van der Waals surface area contributed by atoms with Gasteiger partial charge in [0.2, 0.25) is 0 Å². The smallest absolute Gasteiger partial charge is 0.328 e. The first kappa shape index (κ1) is 12.0. The predicted molar refractivity (Wildman–Crippen MR) is 56.5 cm³/mol. The van der Waals surface area contributed by atoms with Crippen molar-refractivity contribution in [2.45, 2.75) is 24.7 Å². The molecule has 0 aromatic carbocycles. The molecule has 0 bridgehead atoms. The van der Waals surface area contributed by atoms with Crippen molar-refractivity contribution < 1.29 is 14.6 Å². The third-order valence-corrected chi connectivity index (χ3v) is 3.18. The summed E-state index contributed by atoms with van der Waals surface area (Å²) in [5.41, 5.74) is -1.21. The van der Waals surface area contributed by atoms with E-state index in [0.717, 1.165) is 10.6 Å². The van der Waals surface area contributed by atoms with Crippen LogP contribution >= 0.6 is 0 Å². The molecular formula is C10H13FN2O4. The number of aromatic amines is 1. The molecule has 3 N–H and O–H groups in total. The zero-order valence-corrected chi connectivity index (χ0v) is 8.91. The van der Waals surface area contributed by atoms with Crippen molar-refractivity contribution in [2.24, 2.45) is 5.92 Å². The lowest BCUT2D eigenvalue weighted by molar-refractivity contribution is 0.00170. The Kier molecular flexibility index (Phi) is 3.12. The maximum absolute atomic E-state index is 12.6. The van der Waals surface area contributed by atoms with Crippen molar-refractivity contribution in [3.63, 3.8) is 0 Å². The lowest BCUT2D eigenvalue weighted by Gasteiger charge is -2.18. The lowest BCUT2D eigenvalue weighted by Crippen LogP contribution is -2.36. The highest BCUT2D eigenvalue weighted by Crippen LogP contribution is 2.34. The molecule has 1 aliphatic carbocycles. The van der Waals surface area contributed by atoms with E-state index in [-0.39, 0.29) is 6.42 Å². The van der Waals surface area contributed by atoms with Gasteiger partial charge in [0.25, 0.3) is 5.56 Å². The molecule has 7 heteroatoms. The van der Waals surface area contributed by atoms with E-state index in [1.807, 2.05) is 4.98 Å². The normalized spacial score (nSPS) is 32.9. The standard InChI is InChI=1S/C10H13FN2O4/c11-4-5-3-6(9(16)8(5)15)13-2-1-7(14)12-10(13)17/h1-2,5-6,8-9,15-16H,3-4H2,(H,12,14,17)/t5-,6-,8?,9?/m1/s1. The van der Waals surface area contributed by atoms with Crippen LogP contribution in [0.1, 0.15) is 12.5 Å². The second kappa shape index (κ2) is 4.42. The van der Waals surface area contributed by atoms with Gasteiger partial charge in [-0.25, -0.2) is 4.79 Å². The first-order valence-electron chi connectivity index (χ1n) is 5.28. The molecule has 94 valence electrons. The number of hydrogen-bond donors (Lipinski definition) is 3. The highest BCUT2D eigenvalue weighted by Gasteiger charge is 2.42. The Bertz CT molecular complexity index is 512. The maximum Gasteiger partial charge on any atom is 0.328 e. The fraction of sp³-hybridized carbons (Fsp3) is 0.600. The summed E-state index contributed by atoms with van der Waals surface area (Å²) >= 11 is 0. The summed E-state index contributed by atoms with van der Waals surface area (Å²) in [6.07, 6.45) is -1.00. The van der Waals surface area contributed by atoms with E-state index in [0.29, 0.717) is 0 Å². The summed E-state index contributed by atoms with van der Waals surface area (Å²) in [4.78, 5) is 24.4. The molecule has 0 saturated heterocycles. The quantitative estimate of drug-likeness (QED) is 0.608. The maximum atomic E-state index is 12.6. The van der Waals surface area contributed by atoms with Crippen molar-refractivity contribution >= 4 is 0 Å². The minimum Gasteiger partial charge on any atom is -0.390 e. The number of rotatable bonds is 2. The Morgan fingerprint density at radius 3 is 2.65 bits per heavy atom. The van der Waals surface area contributed by atoms with E-state index in [1.54, 1.807) is 0 Å². The van der Waals surface area contributed by atoms with Gasteiger partial charge in [-0.2, -0.15) is 0 Å². The molecule has 1 aromatic heterocycles. The summed E-state index contributed by atoms with van der Waals surface area (Å²) in [6, 6.07) is 0.429. The van der Waals surface area contributed by atoms with E-state index < -0.39 is 42.1 Å². The summed E-state index contributed by atoms with van der Waals surface area (Å²) in [7, 11) is 0. The number of aliphatic hydroxyl groups is 2. The van der Waals surface area contributed by atoms with Crippen molar-refractivity contribution in [3.05, 3.63) is 33.1 Å². The van der Waals surface area contributed by atoms with Crippen LogP contribution in [0.2, 0.25) is 0 Å². The Hall–Kier alpha value is -1.47. The van der Waals surface area contributed by atoms with E-state index >= 15 is 0 Å². The largest absolute Gasteiger partial charge is 0.390 e. The Balaban J connectivity index is 2.35. The van der Waals surface area contributed by atoms with Crippen molar-refractivity contribution in [3.8, 4) is 0 Å². The summed E-state index contributed by atoms with van der Waals surface area (Å²) in [5.74, 6) is -0.686. The van der Waals surface area contributed by atoms with Gasteiger partial charge in [-0.3, -0.25) is 18.7 Å². The molecule has 17 heavy (non-hydrogen) atoms. The molecule has 6 nitrogen and oxygen atoms in total. The molecule has 1 aliphatic rings. The molecule has 2 unspecified atom stereocenters.